The Kier molecular flexibility index (Phi) is 5.28. The van der Waals surface area contributed by atoms with Crippen LogP contribution in [0.2, 0.25) is 0 Å². The molecule has 0 spiro atoms. The van der Waals surface area contributed by atoms with Gasteiger partial charge in [0.1, 0.15) is 0 Å². The third-order valence-electron chi connectivity index (χ3n) is 3.72. The van der Waals surface area contributed by atoms with Gasteiger partial charge in [0.05, 0.1) is 5.92 Å². The molecular weight excluding hydrogens is 258 g/mol. The van der Waals surface area contributed by atoms with Crippen molar-refractivity contribution in [2.24, 2.45) is 11.7 Å². The smallest absolute Gasteiger partial charge is 0.306 e. The van der Waals surface area contributed by atoms with E-state index in [0.717, 1.165) is 31.4 Å². The summed E-state index contributed by atoms with van der Waals surface area (Å²) in [4.78, 5) is 12.7. The Bertz CT molecular complexity index is 436. The summed E-state index contributed by atoms with van der Waals surface area (Å²) >= 11 is 1.85. The van der Waals surface area contributed by atoms with Gasteiger partial charge in [-0.15, -0.1) is 11.8 Å². The lowest BCUT2D eigenvalue weighted by atomic mass is 9.87. The van der Waals surface area contributed by atoms with Gasteiger partial charge in [-0.3, -0.25) is 4.79 Å². The molecule has 0 bridgehead atoms. The number of unbranched alkanes of at least 4 members (excludes halogenated alkanes) is 1. The molecule has 1 heterocycles. The van der Waals surface area contributed by atoms with Crippen molar-refractivity contribution < 1.29 is 9.90 Å². The Balaban J connectivity index is 1.97. The highest BCUT2D eigenvalue weighted by atomic mass is 32.2. The molecule has 0 saturated heterocycles. The molecule has 2 atom stereocenters. The number of hydrogen-bond acceptors (Lipinski definition) is 3. The number of aliphatic carboxylic acids is 1. The fourth-order valence-electron chi connectivity index (χ4n) is 2.65. The summed E-state index contributed by atoms with van der Waals surface area (Å²) in [5.41, 5.74) is 6.80. The van der Waals surface area contributed by atoms with Crippen molar-refractivity contribution in [2.75, 3.05) is 12.3 Å². The van der Waals surface area contributed by atoms with E-state index in [1.165, 1.54) is 10.5 Å². The minimum atomic E-state index is -0.661. The highest BCUT2D eigenvalue weighted by Gasteiger charge is 2.28. The molecule has 0 aliphatic carbocycles. The normalized spacial score (nSPS) is 19.1. The zero-order valence-corrected chi connectivity index (χ0v) is 11.9. The number of nitrogens with two attached hydrogens (primary N) is 1. The average molecular weight is 279 g/mol. The SMILES string of the molecule is NCCCCC(CC1CSc2ccccc21)C(=O)O. The van der Waals surface area contributed by atoms with Crippen LogP contribution >= 0.6 is 11.8 Å². The molecule has 0 radical (unpaired) electrons. The molecule has 0 amide bonds. The molecule has 0 aromatic heterocycles. The molecule has 104 valence electrons. The number of fused-ring (bicyclic) bond motifs is 1. The second-order valence-corrected chi connectivity index (χ2v) is 6.16. The van der Waals surface area contributed by atoms with E-state index >= 15 is 0 Å². The van der Waals surface area contributed by atoms with Gasteiger partial charge in [-0.25, -0.2) is 0 Å². The Morgan fingerprint density at radius 2 is 2.21 bits per heavy atom. The zero-order valence-electron chi connectivity index (χ0n) is 11.0. The largest absolute Gasteiger partial charge is 0.481 e. The van der Waals surface area contributed by atoms with Crippen LogP contribution in [0.25, 0.3) is 0 Å². The van der Waals surface area contributed by atoms with Crippen LogP contribution in [0.4, 0.5) is 0 Å². The van der Waals surface area contributed by atoms with Crippen LogP contribution in [0.3, 0.4) is 0 Å². The fraction of sp³-hybridized carbons (Fsp3) is 0.533. The Morgan fingerprint density at radius 3 is 2.95 bits per heavy atom. The fourth-order valence-corrected chi connectivity index (χ4v) is 3.92. The van der Waals surface area contributed by atoms with E-state index in [1.807, 2.05) is 23.9 Å². The first-order valence-electron chi connectivity index (χ1n) is 6.87. The van der Waals surface area contributed by atoms with E-state index in [-0.39, 0.29) is 5.92 Å². The quantitative estimate of drug-likeness (QED) is 0.753. The van der Waals surface area contributed by atoms with Gasteiger partial charge in [0, 0.05) is 10.6 Å². The van der Waals surface area contributed by atoms with Gasteiger partial charge in [0.2, 0.25) is 0 Å². The third kappa shape index (κ3) is 3.74. The van der Waals surface area contributed by atoms with E-state index < -0.39 is 5.97 Å². The Morgan fingerprint density at radius 1 is 1.42 bits per heavy atom. The molecule has 3 nitrogen and oxygen atoms in total. The maximum absolute atomic E-state index is 11.4. The number of rotatable bonds is 7. The number of thioether (sulfide) groups is 1. The molecule has 1 aliphatic rings. The van der Waals surface area contributed by atoms with E-state index in [4.69, 9.17) is 5.73 Å². The summed E-state index contributed by atoms with van der Waals surface area (Å²) in [5.74, 6) is 0.509. The van der Waals surface area contributed by atoms with Gasteiger partial charge in [-0.2, -0.15) is 0 Å². The maximum Gasteiger partial charge on any atom is 0.306 e. The number of hydrogen-bond donors (Lipinski definition) is 2. The van der Waals surface area contributed by atoms with Crippen LogP contribution in [-0.2, 0) is 4.79 Å². The summed E-state index contributed by atoms with van der Waals surface area (Å²) in [6, 6.07) is 8.36. The topological polar surface area (TPSA) is 63.3 Å². The molecular formula is C15H21NO2S. The van der Waals surface area contributed by atoms with E-state index in [2.05, 4.69) is 12.1 Å². The molecule has 0 saturated carbocycles. The minimum absolute atomic E-state index is 0.233. The molecule has 0 fully saturated rings. The standard InChI is InChI=1S/C15H21NO2S/c16-8-4-3-5-11(15(17)18)9-12-10-19-14-7-2-1-6-13(12)14/h1-2,6-7,11-12H,3-5,8-10,16H2,(H,17,18). The summed E-state index contributed by atoms with van der Waals surface area (Å²) in [6.45, 7) is 0.647. The monoisotopic (exact) mass is 279 g/mol. The van der Waals surface area contributed by atoms with Crippen LogP contribution in [0.1, 0.15) is 37.2 Å². The van der Waals surface area contributed by atoms with E-state index in [1.54, 1.807) is 0 Å². The number of carboxylic acids is 1. The summed E-state index contributed by atoms with van der Waals surface area (Å²) in [6.07, 6.45) is 3.33. The predicted molar refractivity (Wildman–Crippen MR) is 78.6 cm³/mol. The van der Waals surface area contributed by atoms with Gasteiger partial charge in [0.25, 0.3) is 0 Å². The van der Waals surface area contributed by atoms with Crippen LogP contribution < -0.4 is 5.73 Å². The molecule has 4 heteroatoms. The minimum Gasteiger partial charge on any atom is -0.481 e. The zero-order chi connectivity index (χ0) is 13.7. The predicted octanol–water partition coefficient (Wildman–Crippen LogP) is 3.10. The van der Waals surface area contributed by atoms with Crippen molar-refractivity contribution >= 4 is 17.7 Å². The van der Waals surface area contributed by atoms with Crippen molar-refractivity contribution in [3.63, 3.8) is 0 Å². The average Bonchev–Trinajstić information content (AvgIpc) is 2.81. The van der Waals surface area contributed by atoms with Crippen molar-refractivity contribution in [1.29, 1.82) is 0 Å². The maximum atomic E-state index is 11.4. The van der Waals surface area contributed by atoms with E-state index in [0.29, 0.717) is 12.5 Å². The van der Waals surface area contributed by atoms with Gasteiger partial charge in [-0.1, -0.05) is 24.6 Å². The first-order chi connectivity index (χ1) is 9.22. The molecule has 1 aromatic rings. The first-order valence-corrected chi connectivity index (χ1v) is 7.85. The first kappa shape index (κ1) is 14.4. The van der Waals surface area contributed by atoms with E-state index in [9.17, 15) is 9.90 Å². The lowest BCUT2D eigenvalue weighted by Crippen LogP contribution is -2.17. The lowest BCUT2D eigenvalue weighted by molar-refractivity contribution is -0.142. The van der Waals surface area contributed by atoms with Crippen LogP contribution in [0.5, 0.6) is 0 Å². The van der Waals surface area contributed by atoms with Gasteiger partial charge >= 0.3 is 5.97 Å². The van der Waals surface area contributed by atoms with Crippen molar-refractivity contribution in [3.8, 4) is 0 Å². The molecule has 1 aliphatic heterocycles. The Labute approximate surface area is 118 Å². The summed E-state index contributed by atoms with van der Waals surface area (Å²) in [5, 5.41) is 9.34. The van der Waals surface area contributed by atoms with Crippen LogP contribution in [0, 0.1) is 5.92 Å². The second-order valence-electron chi connectivity index (χ2n) is 5.10. The van der Waals surface area contributed by atoms with Gasteiger partial charge in [0.15, 0.2) is 0 Å². The van der Waals surface area contributed by atoms with Crippen molar-refractivity contribution in [2.45, 2.75) is 36.5 Å². The van der Waals surface area contributed by atoms with Gasteiger partial charge in [-0.05, 0) is 43.4 Å². The third-order valence-corrected chi connectivity index (χ3v) is 4.98. The van der Waals surface area contributed by atoms with Crippen molar-refractivity contribution in [3.05, 3.63) is 29.8 Å². The van der Waals surface area contributed by atoms with Crippen molar-refractivity contribution in [1.82, 2.24) is 0 Å². The molecule has 1 aromatic carbocycles. The number of benzene rings is 1. The second kappa shape index (κ2) is 6.96. The number of carboxylic acid groups (broad SMARTS) is 1. The lowest BCUT2D eigenvalue weighted by Gasteiger charge is -2.17. The molecule has 2 rings (SSSR count). The highest BCUT2D eigenvalue weighted by Crippen LogP contribution is 2.42. The molecule has 3 N–H and O–H groups in total. The Hall–Kier alpha value is -1.00. The summed E-state index contributed by atoms with van der Waals surface area (Å²) < 4.78 is 0. The number of carbonyl (C=O) groups is 1. The summed E-state index contributed by atoms with van der Waals surface area (Å²) in [7, 11) is 0. The van der Waals surface area contributed by atoms with Gasteiger partial charge < -0.3 is 10.8 Å². The molecule has 19 heavy (non-hydrogen) atoms. The molecule has 2 unspecified atom stereocenters. The highest BCUT2D eigenvalue weighted by molar-refractivity contribution is 7.99. The van der Waals surface area contributed by atoms with Crippen LogP contribution in [0.15, 0.2) is 29.2 Å². The van der Waals surface area contributed by atoms with Crippen LogP contribution in [-0.4, -0.2) is 23.4 Å².